The molecule has 0 unspecified atom stereocenters. The second-order valence-electron chi connectivity index (χ2n) is 10.3. The first-order valence-electron chi connectivity index (χ1n) is 12.1. The lowest BCUT2D eigenvalue weighted by molar-refractivity contribution is -0.144. The van der Waals surface area contributed by atoms with Crippen molar-refractivity contribution in [3.63, 3.8) is 0 Å². The summed E-state index contributed by atoms with van der Waals surface area (Å²) in [7, 11) is 1.71. The summed E-state index contributed by atoms with van der Waals surface area (Å²) in [5, 5.41) is 8.97. The van der Waals surface area contributed by atoms with E-state index in [9.17, 15) is 14.4 Å². The minimum absolute atomic E-state index is 0.0773. The fraction of sp³-hybridized carbons (Fsp3) is 0.640. The van der Waals surface area contributed by atoms with E-state index >= 15 is 0 Å². The number of ether oxygens (including phenoxy) is 1. The van der Waals surface area contributed by atoms with Gasteiger partial charge in [0.15, 0.2) is 0 Å². The lowest BCUT2D eigenvalue weighted by atomic mass is 9.83. The number of aryl methyl sites for hydroxylation is 1. The molecule has 5 atom stereocenters. The van der Waals surface area contributed by atoms with E-state index in [0.717, 1.165) is 29.1 Å². The molecule has 0 aliphatic carbocycles. The molecule has 8 nitrogen and oxygen atoms in total. The summed E-state index contributed by atoms with van der Waals surface area (Å²) >= 11 is 1.70. The second kappa shape index (κ2) is 9.77. The summed E-state index contributed by atoms with van der Waals surface area (Å²) in [6.07, 6.45) is 1.97. The lowest BCUT2D eigenvalue weighted by Gasteiger charge is -2.36. The lowest BCUT2D eigenvalue weighted by Crippen LogP contribution is -2.58. The highest BCUT2D eigenvalue weighted by Crippen LogP contribution is 2.46. The van der Waals surface area contributed by atoms with Gasteiger partial charge < -0.3 is 25.6 Å². The van der Waals surface area contributed by atoms with Crippen LogP contribution in [0, 0.1) is 12.3 Å². The van der Waals surface area contributed by atoms with Crippen LogP contribution in [0.4, 0.5) is 0 Å². The summed E-state index contributed by atoms with van der Waals surface area (Å²) in [4.78, 5) is 41.7. The van der Waals surface area contributed by atoms with Gasteiger partial charge in [0, 0.05) is 12.0 Å². The molecule has 0 aromatic heterocycles. The van der Waals surface area contributed by atoms with Crippen molar-refractivity contribution in [2.45, 2.75) is 76.5 Å². The first-order chi connectivity index (χ1) is 16.1. The largest absolute Gasteiger partial charge is 0.493 e. The van der Waals surface area contributed by atoms with E-state index in [4.69, 9.17) is 4.74 Å². The maximum absolute atomic E-state index is 13.7. The summed E-state index contributed by atoms with van der Waals surface area (Å²) in [6.45, 7) is 8.42. The number of nitrogens with zero attached hydrogens (tertiary/aromatic N) is 1. The average Bonchev–Trinajstić information content (AvgIpc) is 2.98. The first-order valence-corrected chi connectivity index (χ1v) is 13.1. The Kier molecular flexibility index (Phi) is 7.14. The van der Waals surface area contributed by atoms with Gasteiger partial charge in [-0.25, -0.2) is 0 Å². The van der Waals surface area contributed by atoms with Crippen LogP contribution in [0.15, 0.2) is 18.2 Å². The van der Waals surface area contributed by atoms with Crippen molar-refractivity contribution in [1.82, 2.24) is 20.9 Å². The van der Waals surface area contributed by atoms with Crippen LogP contribution in [0.1, 0.15) is 57.2 Å². The number of thioether (sulfide) groups is 1. The van der Waals surface area contributed by atoms with Crippen LogP contribution in [0.25, 0.3) is 0 Å². The fourth-order valence-electron chi connectivity index (χ4n) is 5.18. The Labute approximate surface area is 205 Å². The topological polar surface area (TPSA) is 99.8 Å². The molecule has 0 radical (unpaired) electrons. The number of hydrogen-bond acceptors (Lipinski definition) is 6. The van der Waals surface area contributed by atoms with Crippen molar-refractivity contribution in [2.75, 3.05) is 19.4 Å². The average molecular weight is 489 g/mol. The molecular weight excluding hydrogens is 452 g/mol. The van der Waals surface area contributed by atoms with Crippen LogP contribution in [-0.4, -0.2) is 65.5 Å². The van der Waals surface area contributed by atoms with E-state index < -0.39 is 18.1 Å². The predicted octanol–water partition coefficient (Wildman–Crippen LogP) is 2.12. The van der Waals surface area contributed by atoms with Crippen LogP contribution in [0.2, 0.25) is 0 Å². The van der Waals surface area contributed by atoms with Gasteiger partial charge in [0.1, 0.15) is 17.8 Å². The molecular formula is C25H36N4O4S. The molecule has 2 saturated heterocycles. The highest BCUT2D eigenvalue weighted by molar-refractivity contribution is 7.99. The van der Waals surface area contributed by atoms with E-state index in [1.165, 1.54) is 0 Å². The van der Waals surface area contributed by atoms with Crippen molar-refractivity contribution in [1.29, 1.82) is 0 Å². The Morgan fingerprint density at radius 3 is 2.71 bits per heavy atom. The number of carbonyl (C=O) groups is 3. The van der Waals surface area contributed by atoms with Gasteiger partial charge in [0.25, 0.3) is 0 Å². The van der Waals surface area contributed by atoms with Gasteiger partial charge in [-0.1, -0.05) is 26.0 Å². The first kappa shape index (κ1) is 24.9. The van der Waals surface area contributed by atoms with Gasteiger partial charge in [-0.2, -0.15) is 0 Å². The third-order valence-electron chi connectivity index (χ3n) is 7.21. The molecule has 0 saturated carbocycles. The zero-order valence-corrected chi connectivity index (χ0v) is 21.5. The minimum Gasteiger partial charge on any atom is -0.493 e. The Hall–Kier alpha value is -2.26. The molecule has 0 spiro atoms. The van der Waals surface area contributed by atoms with Gasteiger partial charge in [0.2, 0.25) is 17.7 Å². The SMILES string of the molecule is CN[C@@H](C)C(=O)N[C@H]1CCS[C@H]2CC(C)(C)[C@@H](C(=O)N[C@@H]3CCOc4cc(C)ccc43)N2C1=O. The molecule has 3 heterocycles. The standard InChI is InChI=1S/C25H36N4O4S/c1-14-6-7-16-17(8-10-33-19(16)12-14)27-23(31)21-25(3,4)13-20-29(21)24(32)18(9-11-34-20)28-22(30)15(2)26-5/h6-7,12,15,17-18,20-21,26H,8-11,13H2,1-5H3,(H,27,31)(H,28,30)/t15-,17+,18-,20-,21+/m0/s1. The van der Waals surface area contributed by atoms with Crippen molar-refractivity contribution in [3.05, 3.63) is 29.3 Å². The number of benzene rings is 1. The molecule has 4 rings (SSSR count). The minimum atomic E-state index is -0.628. The summed E-state index contributed by atoms with van der Waals surface area (Å²) in [5.74, 6) is 1.04. The Balaban J connectivity index is 1.56. The normalized spacial score (nSPS) is 28.7. The van der Waals surface area contributed by atoms with Gasteiger partial charge in [0.05, 0.1) is 24.1 Å². The van der Waals surface area contributed by atoms with Crippen LogP contribution in [-0.2, 0) is 14.4 Å². The number of nitrogens with one attached hydrogen (secondary N) is 3. The van der Waals surface area contributed by atoms with Crippen LogP contribution < -0.4 is 20.7 Å². The van der Waals surface area contributed by atoms with Gasteiger partial charge in [-0.05, 0) is 56.5 Å². The van der Waals surface area contributed by atoms with E-state index in [-0.39, 0.29) is 34.6 Å². The van der Waals surface area contributed by atoms with Crippen molar-refractivity contribution < 1.29 is 19.1 Å². The predicted molar refractivity (Wildman–Crippen MR) is 133 cm³/mol. The van der Waals surface area contributed by atoms with E-state index in [0.29, 0.717) is 19.4 Å². The number of likely N-dealkylation sites (N-methyl/N-ethyl adjacent to an activating group) is 1. The molecule has 2 fully saturated rings. The smallest absolute Gasteiger partial charge is 0.246 e. The molecule has 3 aliphatic rings. The number of carbonyl (C=O) groups excluding carboxylic acids is 3. The van der Waals surface area contributed by atoms with E-state index in [1.54, 1.807) is 30.6 Å². The highest BCUT2D eigenvalue weighted by Gasteiger charge is 2.54. The second-order valence-corrected chi connectivity index (χ2v) is 11.6. The van der Waals surface area contributed by atoms with Gasteiger partial charge >= 0.3 is 0 Å². The number of fused-ring (bicyclic) bond motifs is 2. The monoisotopic (exact) mass is 488 g/mol. The highest BCUT2D eigenvalue weighted by atomic mass is 32.2. The van der Waals surface area contributed by atoms with Gasteiger partial charge in [-0.3, -0.25) is 14.4 Å². The quantitative estimate of drug-likeness (QED) is 0.587. The molecule has 1 aromatic carbocycles. The maximum Gasteiger partial charge on any atom is 0.246 e. The molecule has 3 amide bonds. The summed E-state index contributed by atoms with van der Waals surface area (Å²) in [6, 6.07) is 4.25. The molecule has 3 N–H and O–H groups in total. The Morgan fingerprint density at radius 2 is 1.97 bits per heavy atom. The van der Waals surface area contributed by atoms with Crippen LogP contribution >= 0.6 is 11.8 Å². The Bertz CT molecular complexity index is 968. The van der Waals surface area contributed by atoms with Crippen molar-refractivity contribution in [3.8, 4) is 5.75 Å². The zero-order valence-electron chi connectivity index (χ0n) is 20.6. The maximum atomic E-state index is 13.7. The van der Waals surface area contributed by atoms with E-state index in [2.05, 4.69) is 29.8 Å². The third-order valence-corrected chi connectivity index (χ3v) is 8.46. The van der Waals surface area contributed by atoms with E-state index in [1.807, 2.05) is 25.1 Å². The molecule has 9 heteroatoms. The van der Waals surface area contributed by atoms with Crippen molar-refractivity contribution >= 4 is 29.5 Å². The third kappa shape index (κ3) is 4.77. The zero-order chi connectivity index (χ0) is 24.6. The summed E-state index contributed by atoms with van der Waals surface area (Å²) in [5.41, 5.74) is 1.70. The molecule has 34 heavy (non-hydrogen) atoms. The molecule has 3 aliphatic heterocycles. The molecule has 0 bridgehead atoms. The van der Waals surface area contributed by atoms with Gasteiger partial charge in [-0.15, -0.1) is 11.8 Å². The fourth-order valence-corrected chi connectivity index (χ4v) is 6.75. The number of rotatable bonds is 5. The van der Waals surface area contributed by atoms with Crippen LogP contribution in [0.5, 0.6) is 5.75 Å². The Morgan fingerprint density at radius 1 is 1.21 bits per heavy atom. The van der Waals surface area contributed by atoms with Crippen molar-refractivity contribution in [2.24, 2.45) is 5.41 Å². The molecule has 186 valence electrons. The van der Waals surface area contributed by atoms with Crippen LogP contribution in [0.3, 0.4) is 0 Å². The number of amides is 3. The number of hydrogen-bond donors (Lipinski definition) is 3. The summed E-state index contributed by atoms with van der Waals surface area (Å²) < 4.78 is 5.82. The molecule has 1 aromatic rings.